The highest BCUT2D eigenvalue weighted by atomic mass is 16.4. The van der Waals surface area contributed by atoms with E-state index in [1.807, 2.05) is 12.1 Å². The SMILES string of the molecule is O=CN1CCN(Cc2ccc(C(=O)O)cc2)CC1. The molecule has 0 radical (unpaired) electrons. The minimum absolute atomic E-state index is 0.310. The van der Waals surface area contributed by atoms with E-state index in [4.69, 9.17) is 5.11 Å². The maximum absolute atomic E-state index is 10.7. The van der Waals surface area contributed by atoms with Crippen LogP contribution >= 0.6 is 0 Å². The van der Waals surface area contributed by atoms with Gasteiger partial charge in [-0.2, -0.15) is 0 Å². The highest BCUT2D eigenvalue weighted by molar-refractivity contribution is 5.87. The molecule has 18 heavy (non-hydrogen) atoms. The van der Waals surface area contributed by atoms with E-state index < -0.39 is 5.97 Å². The van der Waals surface area contributed by atoms with E-state index in [2.05, 4.69) is 4.90 Å². The van der Waals surface area contributed by atoms with Crippen LogP contribution in [0.2, 0.25) is 0 Å². The van der Waals surface area contributed by atoms with E-state index in [1.54, 1.807) is 17.0 Å². The lowest BCUT2D eigenvalue weighted by Gasteiger charge is -2.32. The van der Waals surface area contributed by atoms with Gasteiger partial charge in [0.05, 0.1) is 5.56 Å². The molecule has 5 heteroatoms. The fourth-order valence-electron chi connectivity index (χ4n) is 2.04. The molecule has 1 N–H and O–H groups in total. The van der Waals surface area contributed by atoms with Crippen LogP contribution in [0.15, 0.2) is 24.3 Å². The van der Waals surface area contributed by atoms with Gasteiger partial charge in [-0.3, -0.25) is 9.69 Å². The predicted octanol–water partition coefficient (Wildman–Crippen LogP) is 0.659. The van der Waals surface area contributed by atoms with Crippen LogP contribution in [0.25, 0.3) is 0 Å². The molecule has 0 unspecified atom stereocenters. The number of aromatic carboxylic acids is 1. The smallest absolute Gasteiger partial charge is 0.335 e. The summed E-state index contributed by atoms with van der Waals surface area (Å²) in [6.07, 6.45) is 0.888. The lowest BCUT2D eigenvalue weighted by Crippen LogP contribution is -2.45. The molecule has 0 atom stereocenters. The zero-order valence-electron chi connectivity index (χ0n) is 10.1. The second-order valence-electron chi connectivity index (χ2n) is 4.42. The average molecular weight is 248 g/mol. The molecule has 1 aliphatic heterocycles. The van der Waals surface area contributed by atoms with Gasteiger partial charge in [-0.15, -0.1) is 0 Å². The molecule has 0 aromatic heterocycles. The summed E-state index contributed by atoms with van der Waals surface area (Å²) >= 11 is 0. The van der Waals surface area contributed by atoms with Gasteiger partial charge in [0.25, 0.3) is 0 Å². The quantitative estimate of drug-likeness (QED) is 0.795. The number of carboxylic acids is 1. The number of rotatable bonds is 4. The summed E-state index contributed by atoms with van der Waals surface area (Å²) in [5, 5.41) is 8.80. The third kappa shape index (κ3) is 3.07. The normalized spacial score (nSPS) is 16.6. The van der Waals surface area contributed by atoms with Crippen LogP contribution in [0, 0.1) is 0 Å². The van der Waals surface area contributed by atoms with E-state index >= 15 is 0 Å². The van der Waals surface area contributed by atoms with Crippen LogP contribution in [0.4, 0.5) is 0 Å². The second kappa shape index (κ2) is 5.64. The van der Waals surface area contributed by atoms with Crippen molar-refractivity contribution in [2.45, 2.75) is 6.54 Å². The summed E-state index contributed by atoms with van der Waals surface area (Å²) in [6, 6.07) is 6.93. The second-order valence-corrected chi connectivity index (χ2v) is 4.42. The van der Waals surface area contributed by atoms with E-state index in [0.717, 1.165) is 44.7 Å². The van der Waals surface area contributed by atoms with Gasteiger partial charge in [0, 0.05) is 32.7 Å². The Balaban J connectivity index is 1.90. The van der Waals surface area contributed by atoms with Crippen LogP contribution in [0.3, 0.4) is 0 Å². The van der Waals surface area contributed by atoms with Gasteiger partial charge in [-0.25, -0.2) is 4.79 Å². The number of carbonyl (C=O) groups excluding carboxylic acids is 1. The molecule has 1 aliphatic rings. The Morgan fingerprint density at radius 3 is 2.28 bits per heavy atom. The average Bonchev–Trinajstić information content (AvgIpc) is 2.40. The fourth-order valence-corrected chi connectivity index (χ4v) is 2.04. The molecule has 0 saturated carbocycles. The molecule has 1 amide bonds. The van der Waals surface area contributed by atoms with Crippen LogP contribution in [0.1, 0.15) is 15.9 Å². The molecule has 96 valence electrons. The maximum Gasteiger partial charge on any atom is 0.335 e. The van der Waals surface area contributed by atoms with Crippen LogP contribution in [-0.2, 0) is 11.3 Å². The minimum atomic E-state index is -0.902. The monoisotopic (exact) mass is 248 g/mol. The van der Waals surface area contributed by atoms with Gasteiger partial charge in [0.2, 0.25) is 6.41 Å². The number of carboxylic acid groups (broad SMARTS) is 1. The largest absolute Gasteiger partial charge is 0.478 e. The first-order chi connectivity index (χ1) is 8.69. The molecule has 1 fully saturated rings. The first-order valence-electron chi connectivity index (χ1n) is 5.93. The first-order valence-corrected chi connectivity index (χ1v) is 5.93. The fraction of sp³-hybridized carbons (Fsp3) is 0.385. The van der Waals surface area contributed by atoms with Crippen molar-refractivity contribution in [1.29, 1.82) is 0 Å². The molecule has 1 aromatic rings. The zero-order chi connectivity index (χ0) is 13.0. The molecule has 0 aliphatic carbocycles. The molecule has 0 spiro atoms. The molecule has 1 saturated heterocycles. The van der Waals surface area contributed by atoms with Crippen LogP contribution < -0.4 is 0 Å². The van der Waals surface area contributed by atoms with Crippen molar-refractivity contribution in [3.63, 3.8) is 0 Å². The van der Waals surface area contributed by atoms with Gasteiger partial charge in [-0.1, -0.05) is 12.1 Å². The Morgan fingerprint density at radius 1 is 1.17 bits per heavy atom. The number of piperazine rings is 1. The maximum atomic E-state index is 10.7. The van der Waals surface area contributed by atoms with Gasteiger partial charge >= 0.3 is 5.97 Å². The summed E-state index contributed by atoms with van der Waals surface area (Å²) in [4.78, 5) is 25.3. The predicted molar refractivity (Wildman–Crippen MR) is 66.3 cm³/mol. The van der Waals surface area contributed by atoms with E-state index in [0.29, 0.717) is 5.56 Å². The zero-order valence-corrected chi connectivity index (χ0v) is 10.1. The summed E-state index contributed by atoms with van der Waals surface area (Å²) in [7, 11) is 0. The van der Waals surface area contributed by atoms with Crippen molar-refractivity contribution in [1.82, 2.24) is 9.80 Å². The van der Waals surface area contributed by atoms with Gasteiger partial charge in [-0.05, 0) is 17.7 Å². The highest BCUT2D eigenvalue weighted by Crippen LogP contribution is 2.09. The molecule has 5 nitrogen and oxygen atoms in total. The number of nitrogens with zero attached hydrogens (tertiary/aromatic N) is 2. The molecule has 1 heterocycles. The molecule has 2 rings (SSSR count). The van der Waals surface area contributed by atoms with Crippen LogP contribution in [0.5, 0.6) is 0 Å². The first kappa shape index (κ1) is 12.6. The Morgan fingerprint density at radius 2 is 1.78 bits per heavy atom. The summed E-state index contributed by atoms with van der Waals surface area (Å²) in [5.74, 6) is -0.902. The van der Waals surface area contributed by atoms with E-state index in [1.165, 1.54) is 0 Å². The van der Waals surface area contributed by atoms with Crippen molar-refractivity contribution in [3.05, 3.63) is 35.4 Å². The van der Waals surface area contributed by atoms with Crippen molar-refractivity contribution < 1.29 is 14.7 Å². The Labute approximate surface area is 106 Å². The topological polar surface area (TPSA) is 60.9 Å². The van der Waals surface area contributed by atoms with E-state index in [-0.39, 0.29) is 0 Å². The number of carbonyl (C=O) groups is 2. The molecule has 0 bridgehead atoms. The van der Waals surface area contributed by atoms with Crippen molar-refractivity contribution in [2.24, 2.45) is 0 Å². The van der Waals surface area contributed by atoms with Crippen molar-refractivity contribution >= 4 is 12.4 Å². The summed E-state index contributed by atoms with van der Waals surface area (Å²) in [5.41, 5.74) is 1.41. The van der Waals surface area contributed by atoms with Crippen molar-refractivity contribution in [2.75, 3.05) is 26.2 Å². The Kier molecular flexibility index (Phi) is 3.94. The van der Waals surface area contributed by atoms with Gasteiger partial charge < -0.3 is 10.0 Å². The number of benzene rings is 1. The number of hydrogen-bond donors (Lipinski definition) is 1. The van der Waals surface area contributed by atoms with Crippen molar-refractivity contribution in [3.8, 4) is 0 Å². The van der Waals surface area contributed by atoms with Gasteiger partial charge in [0.1, 0.15) is 0 Å². The van der Waals surface area contributed by atoms with Crippen LogP contribution in [-0.4, -0.2) is 53.5 Å². The molecule has 1 aromatic carbocycles. The summed E-state index contributed by atoms with van der Waals surface area (Å²) in [6.45, 7) is 4.04. The summed E-state index contributed by atoms with van der Waals surface area (Å²) < 4.78 is 0. The Bertz CT molecular complexity index is 422. The third-order valence-corrected chi connectivity index (χ3v) is 3.16. The standard InChI is InChI=1S/C13H16N2O3/c16-10-15-7-5-14(6-8-15)9-11-1-3-12(4-2-11)13(17)18/h1-4,10H,5-9H2,(H,17,18). The molecular formula is C13H16N2O3. The minimum Gasteiger partial charge on any atom is -0.478 e. The Hall–Kier alpha value is -1.88. The highest BCUT2D eigenvalue weighted by Gasteiger charge is 2.15. The van der Waals surface area contributed by atoms with E-state index in [9.17, 15) is 9.59 Å². The van der Waals surface area contributed by atoms with Gasteiger partial charge in [0.15, 0.2) is 0 Å². The lowest BCUT2D eigenvalue weighted by molar-refractivity contribution is -0.119. The molecular weight excluding hydrogens is 232 g/mol. The third-order valence-electron chi connectivity index (χ3n) is 3.16. The number of amides is 1. The lowest BCUT2D eigenvalue weighted by atomic mass is 10.1. The number of hydrogen-bond acceptors (Lipinski definition) is 3.